The zero-order valence-electron chi connectivity index (χ0n) is 14.0. The molecule has 1 aromatic carbocycles. The van der Waals surface area contributed by atoms with Crippen molar-refractivity contribution in [2.24, 2.45) is 5.92 Å². The highest BCUT2D eigenvalue weighted by Crippen LogP contribution is 2.21. The number of aryl methyl sites for hydroxylation is 1. The van der Waals surface area contributed by atoms with Gasteiger partial charge in [0.15, 0.2) is 0 Å². The predicted octanol–water partition coefficient (Wildman–Crippen LogP) is 3.67. The van der Waals surface area contributed by atoms with Gasteiger partial charge in [0, 0.05) is 13.2 Å². The Morgan fingerprint density at radius 2 is 1.90 bits per heavy atom. The van der Waals surface area contributed by atoms with E-state index in [-0.39, 0.29) is 0 Å². The van der Waals surface area contributed by atoms with Crippen molar-refractivity contribution in [3.05, 3.63) is 29.8 Å². The zero-order valence-corrected chi connectivity index (χ0v) is 14.0. The first-order valence-electron chi connectivity index (χ1n) is 8.12. The number of benzene rings is 1. The molecule has 1 rings (SSSR count). The first kappa shape index (κ1) is 18.0. The molecule has 0 fully saturated rings. The normalized spacial score (nSPS) is 12.6. The van der Waals surface area contributed by atoms with Crippen LogP contribution in [0.15, 0.2) is 24.3 Å². The molecule has 21 heavy (non-hydrogen) atoms. The molecule has 0 radical (unpaired) electrons. The lowest BCUT2D eigenvalue weighted by Gasteiger charge is -2.23. The van der Waals surface area contributed by atoms with E-state index in [2.05, 4.69) is 44.3 Å². The maximum Gasteiger partial charge on any atom is 0.122 e. The molecule has 1 unspecified atom stereocenters. The molecule has 0 amide bonds. The van der Waals surface area contributed by atoms with Crippen molar-refractivity contribution in [3.8, 4) is 5.75 Å². The van der Waals surface area contributed by atoms with E-state index in [9.17, 15) is 0 Å². The number of para-hydroxylation sites is 1. The number of rotatable bonds is 11. The van der Waals surface area contributed by atoms with Gasteiger partial charge in [-0.3, -0.25) is 0 Å². The van der Waals surface area contributed by atoms with E-state index in [1.54, 1.807) is 7.11 Å². The number of hydrogen-bond acceptors (Lipinski definition) is 3. The second-order valence-corrected chi connectivity index (χ2v) is 5.79. The van der Waals surface area contributed by atoms with Gasteiger partial charge in [0.2, 0.25) is 0 Å². The molecule has 3 nitrogen and oxygen atoms in total. The summed E-state index contributed by atoms with van der Waals surface area (Å²) in [5.74, 6) is 1.64. The van der Waals surface area contributed by atoms with Gasteiger partial charge in [-0.1, -0.05) is 39.0 Å². The molecule has 0 saturated heterocycles. The highest BCUT2D eigenvalue weighted by molar-refractivity contribution is 5.33. The van der Waals surface area contributed by atoms with Gasteiger partial charge in [0.05, 0.1) is 6.61 Å². The highest BCUT2D eigenvalue weighted by Gasteiger charge is 2.13. The summed E-state index contributed by atoms with van der Waals surface area (Å²) in [4.78, 5) is 0. The second-order valence-electron chi connectivity index (χ2n) is 5.79. The van der Waals surface area contributed by atoms with E-state index in [0.29, 0.717) is 25.2 Å². The largest absolute Gasteiger partial charge is 0.491 e. The Hall–Kier alpha value is -1.06. The van der Waals surface area contributed by atoms with Crippen LogP contribution < -0.4 is 10.1 Å². The molecule has 1 N–H and O–H groups in total. The molecular formula is C18H31NO2. The number of methoxy groups -OCH3 is 1. The van der Waals surface area contributed by atoms with Crippen molar-refractivity contribution in [3.63, 3.8) is 0 Å². The first-order chi connectivity index (χ1) is 10.2. The Morgan fingerprint density at radius 3 is 2.57 bits per heavy atom. The zero-order chi connectivity index (χ0) is 15.5. The standard InChI is InChI=1S/C18H31NO2/c1-5-12-19-17(15(2)3)11-10-16-8-6-7-9-18(16)21-14-13-20-4/h6-9,15,17,19H,5,10-14H2,1-4H3. The SMILES string of the molecule is CCCNC(CCc1ccccc1OCCOC)C(C)C. The maximum atomic E-state index is 5.81. The minimum absolute atomic E-state index is 0.567. The van der Waals surface area contributed by atoms with E-state index in [1.165, 1.54) is 12.0 Å². The molecule has 0 aliphatic heterocycles. The Labute approximate surface area is 130 Å². The highest BCUT2D eigenvalue weighted by atomic mass is 16.5. The van der Waals surface area contributed by atoms with Crippen LogP contribution in [0, 0.1) is 5.92 Å². The summed E-state index contributed by atoms with van der Waals surface area (Å²) in [7, 11) is 1.70. The van der Waals surface area contributed by atoms with E-state index in [0.717, 1.165) is 25.1 Å². The Morgan fingerprint density at radius 1 is 1.14 bits per heavy atom. The summed E-state index contributed by atoms with van der Waals surface area (Å²) in [6.45, 7) is 9.11. The van der Waals surface area contributed by atoms with Crippen molar-refractivity contribution in [1.29, 1.82) is 0 Å². The second kappa shape index (κ2) is 10.6. The molecule has 1 aromatic rings. The van der Waals surface area contributed by atoms with Crippen LogP contribution >= 0.6 is 0 Å². The van der Waals surface area contributed by atoms with Gasteiger partial charge in [-0.25, -0.2) is 0 Å². The molecule has 120 valence electrons. The monoisotopic (exact) mass is 293 g/mol. The number of ether oxygens (including phenoxy) is 2. The van der Waals surface area contributed by atoms with Crippen LogP contribution in [0.1, 0.15) is 39.2 Å². The van der Waals surface area contributed by atoms with E-state index in [1.807, 2.05) is 6.07 Å². The van der Waals surface area contributed by atoms with E-state index >= 15 is 0 Å². The molecule has 1 atom stereocenters. The Bertz CT molecular complexity index is 379. The third kappa shape index (κ3) is 6.96. The minimum Gasteiger partial charge on any atom is -0.491 e. The molecule has 0 spiro atoms. The fourth-order valence-electron chi connectivity index (χ4n) is 2.40. The van der Waals surface area contributed by atoms with Gasteiger partial charge < -0.3 is 14.8 Å². The van der Waals surface area contributed by atoms with Gasteiger partial charge in [-0.15, -0.1) is 0 Å². The first-order valence-corrected chi connectivity index (χ1v) is 8.12. The molecule has 0 heterocycles. The van der Waals surface area contributed by atoms with Crippen LogP contribution in [0.4, 0.5) is 0 Å². The fourth-order valence-corrected chi connectivity index (χ4v) is 2.40. The topological polar surface area (TPSA) is 30.5 Å². The molecule has 0 aromatic heterocycles. The fraction of sp³-hybridized carbons (Fsp3) is 0.667. The summed E-state index contributed by atoms with van der Waals surface area (Å²) >= 11 is 0. The van der Waals surface area contributed by atoms with Gasteiger partial charge in [0.25, 0.3) is 0 Å². The molecule has 0 aliphatic rings. The predicted molar refractivity (Wildman–Crippen MR) is 89.1 cm³/mol. The van der Waals surface area contributed by atoms with Gasteiger partial charge in [-0.05, 0) is 43.4 Å². The van der Waals surface area contributed by atoms with Crippen LogP contribution in [0.3, 0.4) is 0 Å². The Balaban J connectivity index is 2.55. The van der Waals surface area contributed by atoms with Crippen LogP contribution in [-0.2, 0) is 11.2 Å². The average Bonchev–Trinajstić information content (AvgIpc) is 2.48. The maximum absolute atomic E-state index is 5.81. The summed E-state index contributed by atoms with van der Waals surface area (Å²) < 4.78 is 10.8. The number of nitrogens with one attached hydrogen (secondary N) is 1. The molecule has 3 heteroatoms. The summed E-state index contributed by atoms with van der Waals surface area (Å²) in [6.07, 6.45) is 3.37. The molecule has 0 saturated carbocycles. The lowest BCUT2D eigenvalue weighted by molar-refractivity contribution is 0.145. The summed E-state index contributed by atoms with van der Waals surface area (Å²) in [6, 6.07) is 8.90. The van der Waals surface area contributed by atoms with E-state index < -0.39 is 0 Å². The van der Waals surface area contributed by atoms with Crippen LogP contribution in [0.25, 0.3) is 0 Å². The lowest BCUT2D eigenvalue weighted by atomic mass is 9.96. The minimum atomic E-state index is 0.567. The summed E-state index contributed by atoms with van der Waals surface area (Å²) in [5.41, 5.74) is 1.29. The van der Waals surface area contributed by atoms with Crippen molar-refractivity contribution in [2.75, 3.05) is 26.9 Å². The third-order valence-electron chi connectivity index (χ3n) is 3.70. The smallest absolute Gasteiger partial charge is 0.122 e. The third-order valence-corrected chi connectivity index (χ3v) is 3.70. The lowest BCUT2D eigenvalue weighted by Crippen LogP contribution is -2.34. The van der Waals surface area contributed by atoms with Gasteiger partial charge in [-0.2, -0.15) is 0 Å². The molecule has 0 aliphatic carbocycles. The molecule has 0 bridgehead atoms. The van der Waals surface area contributed by atoms with Crippen molar-refractivity contribution >= 4 is 0 Å². The average molecular weight is 293 g/mol. The van der Waals surface area contributed by atoms with Crippen LogP contribution in [0.5, 0.6) is 5.75 Å². The summed E-state index contributed by atoms with van der Waals surface area (Å²) in [5, 5.41) is 3.65. The van der Waals surface area contributed by atoms with Crippen molar-refractivity contribution < 1.29 is 9.47 Å². The number of hydrogen-bond donors (Lipinski definition) is 1. The van der Waals surface area contributed by atoms with E-state index in [4.69, 9.17) is 9.47 Å². The van der Waals surface area contributed by atoms with Crippen LogP contribution in [0.2, 0.25) is 0 Å². The molecular weight excluding hydrogens is 262 g/mol. The van der Waals surface area contributed by atoms with Gasteiger partial charge >= 0.3 is 0 Å². The van der Waals surface area contributed by atoms with Gasteiger partial charge in [0.1, 0.15) is 12.4 Å². The quantitative estimate of drug-likeness (QED) is 0.632. The van der Waals surface area contributed by atoms with Crippen molar-refractivity contribution in [2.45, 2.75) is 46.1 Å². The van der Waals surface area contributed by atoms with Crippen LogP contribution in [-0.4, -0.2) is 32.9 Å². The Kier molecular flexibility index (Phi) is 9.11. The van der Waals surface area contributed by atoms with Crippen molar-refractivity contribution in [1.82, 2.24) is 5.32 Å².